The maximum absolute atomic E-state index is 11.5. The lowest BCUT2D eigenvalue weighted by molar-refractivity contribution is 0.106. The van der Waals surface area contributed by atoms with Gasteiger partial charge in [-0.1, -0.05) is 35.5 Å². The lowest BCUT2D eigenvalue weighted by Crippen LogP contribution is -2.22. The van der Waals surface area contributed by atoms with E-state index in [1.54, 1.807) is 12.1 Å². The Morgan fingerprint density at radius 1 is 1.31 bits per heavy atom. The molecule has 1 aliphatic heterocycles. The standard InChI is InChI=1S/C19H21N3O3.ClH/c23-18(11-21-24)17-6-7-19(20-10-17)25-14-16-8-9-22(13-16)12-15-4-2-1-3-5-15;/h1-7,10-11,16,24H,8-9,12-14H2;1H. The first-order chi connectivity index (χ1) is 12.2. The van der Waals surface area contributed by atoms with E-state index in [4.69, 9.17) is 9.94 Å². The van der Waals surface area contributed by atoms with Gasteiger partial charge in [0.1, 0.15) is 6.21 Å². The van der Waals surface area contributed by atoms with E-state index in [1.807, 2.05) is 6.07 Å². The maximum Gasteiger partial charge on any atom is 0.213 e. The molecule has 0 bridgehead atoms. The normalized spacial score (nSPS) is 17.2. The van der Waals surface area contributed by atoms with Gasteiger partial charge in [0.25, 0.3) is 0 Å². The van der Waals surface area contributed by atoms with Crippen LogP contribution in [-0.2, 0) is 6.54 Å². The van der Waals surface area contributed by atoms with E-state index >= 15 is 0 Å². The van der Waals surface area contributed by atoms with Crippen LogP contribution in [0.2, 0.25) is 0 Å². The highest BCUT2D eigenvalue weighted by atomic mass is 35.5. The van der Waals surface area contributed by atoms with Crippen LogP contribution in [0.25, 0.3) is 0 Å². The fraction of sp³-hybridized carbons (Fsp3) is 0.316. The van der Waals surface area contributed by atoms with Gasteiger partial charge in [0.2, 0.25) is 11.7 Å². The molecule has 6 nitrogen and oxygen atoms in total. The van der Waals surface area contributed by atoms with Crippen LogP contribution >= 0.6 is 12.4 Å². The molecule has 0 saturated carbocycles. The molecule has 1 unspecified atom stereocenters. The number of aromatic nitrogens is 1. The zero-order valence-corrected chi connectivity index (χ0v) is 15.1. The van der Waals surface area contributed by atoms with Crippen molar-refractivity contribution in [2.24, 2.45) is 11.1 Å². The van der Waals surface area contributed by atoms with Gasteiger partial charge in [0.05, 0.1) is 6.61 Å². The minimum absolute atomic E-state index is 0. The number of rotatable bonds is 7. The van der Waals surface area contributed by atoms with Gasteiger partial charge in [-0.05, 0) is 24.6 Å². The summed E-state index contributed by atoms with van der Waals surface area (Å²) in [6.45, 7) is 3.67. The Labute approximate surface area is 158 Å². The van der Waals surface area contributed by atoms with Crippen LogP contribution in [-0.4, -0.2) is 46.8 Å². The zero-order valence-electron chi connectivity index (χ0n) is 14.3. The molecule has 0 amide bonds. The van der Waals surface area contributed by atoms with Crippen LogP contribution in [0.1, 0.15) is 22.3 Å². The molecule has 1 aromatic heterocycles. The Morgan fingerprint density at radius 3 is 2.81 bits per heavy atom. The van der Waals surface area contributed by atoms with E-state index in [0.29, 0.717) is 24.0 Å². The van der Waals surface area contributed by atoms with Gasteiger partial charge in [-0.25, -0.2) is 4.98 Å². The summed E-state index contributed by atoms with van der Waals surface area (Å²) >= 11 is 0. The number of nitrogens with zero attached hydrogens (tertiary/aromatic N) is 3. The first-order valence-corrected chi connectivity index (χ1v) is 8.31. The summed E-state index contributed by atoms with van der Waals surface area (Å²) in [5, 5.41) is 11.1. The van der Waals surface area contributed by atoms with Gasteiger partial charge in [-0.3, -0.25) is 9.69 Å². The fourth-order valence-corrected chi connectivity index (χ4v) is 2.98. The van der Waals surface area contributed by atoms with Crippen LogP contribution < -0.4 is 4.74 Å². The van der Waals surface area contributed by atoms with Crippen molar-refractivity contribution in [3.8, 4) is 5.88 Å². The van der Waals surface area contributed by atoms with E-state index in [-0.39, 0.29) is 12.4 Å². The predicted octanol–water partition coefficient (Wildman–Crippen LogP) is 3.05. The Bertz CT molecular complexity index is 723. The molecule has 2 aromatic rings. The predicted molar refractivity (Wildman–Crippen MR) is 101 cm³/mol. The van der Waals surface area contributed by atoms with Crippen molar-refractivity contribution in [1.82, 2.24) is 9.88 Å². The molecule has 1 aromatic carbocycles. The molecule has 0 spiro atoms. The number of benzene rings is 1. The van der Waals surface area contributed by atoms with Gasteiger partial charge in [0.15, 0.2) is 0 Å². The van der Waals surface area contributed by atoms with Crippen LogP contribution in [0.3, 0.4) is 0 Å². The van der Waals surface area contributed by atoms with Crippen molar-refractivity contribution in [3.05, 3.63) is 59.8 Å². The largest absolute Gasteiger partial charge is 0.477 e. The summed E-state index contributed by atoms with van der Waals surface area (Å²) in [7, 11) is 0. The molecule has 7 heteroatoms. The number of carbonyl (C=O) groups excluding carboxylic acids is 1. The average Bonchev–Trinajstić information content (AvgIpc) is 3.09. The molecule has 1 aliphatic rings. The van der Waals surface area contributed by atoms with Crippen molar-refractivity contribution in [2.75, 3.05) is 19.7 Å². The second-order valence-electron chi connectivity index (χ2n) is 6.18. The molecule has 1 saturated heterocycles. The quantitative estimate of drug-likeness (QED) is 0.348. The minimum Gasteiger partial charge on any atom is -0.477 e. The molecule has 1 fully saturated rings. The van der Waals surface area contributed by atoms with Crippen molar-refractivity contribution in [3.63, 3.8) is 0 Å². The summed E-state index contributed by atoms with van der Waals surface area (Å²) in [4.78, 5) is 18.1. The van der Waals surface area contributed by atoms with E-state index in [0.717, 1.165) is 32.3 Å². The summed E-state index contributed by atoms with van der Waals surface area (Å²) in [6, 6.07) is 13.7. The first-order valence-electron chi connectivity index (χ1n) is 8.31. The number of ether oxygens (including phenoxy) is 1. The second kappa shape index (κ2) is 9.89. The molecule has 1 N–H and O–H groups in total. The number of hydrogen-bond donors (Lipinski definition) is 1. The highest BCUT2D eigenvalue weighted by Gasteiger charge is 2.23. The zero-order chi connectivity index (χ0) is 17.5. The van der Waals surface area contributed by atoms with E-state index in [9.17, 15) is 4.79 Å². The van der Waals surface area contributed by atoms with Gasteiger partial charge in [0, 0.05) is 36.8 Å². The average molecular weight is 376 g/mol. The number of ketones is 1. The molecule has 2 heterocycles. The molecule has 26 heavy (non-hydrogen) atoms. The first kappa shape index (κ1) is 19.9. The fourth-order valence-electron chi connectivity index (χ4n) is 2.98. The molecule has 0 radical (unpaired) electrons. The number of carbonyl (C=O) groups is 1. The summed E-state index contributed by atoms with van der Waals surface area (Å²) < 4.78 is 5.75. The van der Waals surface area contributed by atoms with Gasteiger partial charge >= 0.3 is 0 Å². The molecule has 1 atom stereocenters. The number of hydrogen-bond acceptors (Lipinski definition) is 6. The Hall–Kier alpha value is -2.44. The highest BCUT2D eigenvalue weighted by Crippen LogP contribution is 2.20. The number of likely N-dealkylation sites (tertiary alicyclic amines) is 1. The van der Waals surface area contributed by atoms with Crippen LogP contribution in [0.5, 0.6) is 5.88 Å². The SMILES string of the molecule is Cl.O=C(C=NO)c1ccc(OCC2CCN(Cc3ccccc3)C2)nc1. The Balaban J connectivity index is 0.00000243. The molecule has 138 valence electrons. The van der Waals surface area contributed by atoms with Crippen LogP contribution in [0.4, 0.5) is 0 Å². The lowest BCUT2D eigenvalue weighted by Gasteiger charge is -2.16. The monoisotopic (exact) mass is 375 g/mol. The third-order valence-electron chi connectivity index (χ3n) is 4.28. The topological polar surface area (TPSA) is 75.0 Å². The lowest BCUT2D eigenvalue weighted by atomic mass is 10.1. The van der Waals surface area contributed by atoms with Crippen molar-refractivity contribution in [1.29, 1.82) is 0 Å². The highest BCUT2D eigenvalue weighted by molar-refractivity contribution is 6.35. The van der Waals surface area contributed by atoms with Crippen molar-refractivity contribution in [2.45, 2.75) is 13.0 Å². The maximum atomic E-state index is 11.5. The smallest absolute Gasteiger partial charge is 0.213 e. The van der Waals surface area contributed by atoms with Crippen molar-refractivity contribution < 1.29 is 14.7 Å². The van der Waals surface area contributed by atoms with Gasteiger partial charge < -0.3 is 9.94 Å². The summed E-state index contributed by atoms with van der Waals surface area (Å²) in [6.07, 6.45) is 3.38. The van der Waals surface area contributed by atoms with Crippen LogP contribution in [0.15, 0.2) is 53.8 Å². The third-order valence-corrected chi connectivity index (χ3v) is 4.28. The van der Waals surface area contributed by atoms with E-state index in [2.05, 4.69) is 39.3 Å². The van der Waals surface area contributed by atoms with Gasteiger partial charge in [-0.15, -0.1) is 12.4 Å². The number of oxime groups is 1. The minimum atomic E-state index is -0.395. The van der Waals surface area contributed by atoms with Crippen LogP contribution in [0, 0.1) is 5.92 Å². The van der Waals surface area contributed by atoms with Crippen molar-refractivity contribution >= 4 is 24.4 Å². The molecule has 0 aliphatic carbocycles. The third kappa shape index (κ3) is 5.54. The summed E-state index contributed by atoms with van der Waals surface area (Å²) in [5.74, 6) is 0.584. The number of Topliss-reactive ketones (excluding diaryl/α,β-unsaturated/α-hetero) is 1. The molecular formula is C19H22ClN3O3. The van der Waals surface area contributed by atoms with E-state index < -0.39 is 5.78 Å². The van der Waals surface area contributed by atoms with Gasteiger partial charge in [-0.2, -0.15) is 0 Å². The Kier molecular flexibility index (Phi) is 7.56. The Morgan fingerprint density at radius 2 is 2.12 bits per heavy atom. The summed E-state index contributed by atoms with van der Waals surface area (Å²) in [5.41, 5.74) is 1.69. The number of pyridine rings is 1. The number of halogens is 1. The van der Waals surface area contributed by atoms with E-state index in [1.165, 1.54) is 11.8 Å². The second-order valence-corrected chi connectivity index (χ2v) is 6.18. The molecule has 3 rings (SSSR count). The molecular weight excluding hydrogens is 354 g/mol.